The number of ether oxygens (including phenoxy) is 1. The molecule has 1 aromatic heterocycles. The Hall–Kier alpha value is -2.86. The van der Waals surface area contributed by atoms with Crippen LogP contribution in [0.1, 0.15) is 6.92 Å². The van der Waals surface area contributed by atoms with Crippen LogP contribution in [0.5, 0.6) is 0 Å². The molecule has 3 aromatic rings. The summed E-state index contributed by atoms with van der Waals surface area (Å²) >= 11 is 0. The summed E-state index contributed by atoms with van der Waals surface area (Å²) in [7, 11) is 0. The van der Waals surface area contributed by atoms with E-state index in [1.807, 2.05) is 0 Å². The minimum atomic E-state index is 0.615. The maximum absolute atomic E-state index is 6.52. The average molecular weight is 349 g/mol. The first-order chi connectivity index (χ1) is 12.8. The molecule has 1 aliphatic heterocycles. The third kappa shape index (κ3) is 2.93. The topological polar surface area (TPSA) is 67.5 Å². The summed E-state index contributed by atoms with van der Waals surface area (Å²) in [5, 5.41) is 2.38. The predicted molar refractivity (Wildman–Crippen MR) is 106 cm³/mol. The van der Waals surface area contributed by atoms with E-state index in [0.29, 0.717) is 18.9 Å². The van der Waals surface area contributed by atoms with E-state index < -0.39 is 0 Å². The number of rotatable bonds is 4. The summed E-state index contributed by atoms with van der Waals surface area (Å²) < 4.78 is 5.44. The fraction of sp³-hybridized carbons (Fsp3) is 0.300. The molecule has 0 aliphatic carbocycles. The van der Waals surface area contributed by atoms with E-state index in [1.54, 1.807) is 6.33 Å². The molecule has 2 aromatic carbocycles. The molecule has 26 heavy (non-hydrogen) atoms. The molecular formula is C20H23N5O. The van der Waals surface area contributed by atoms with E-state index in [-0.39, 0.29) is 0 Å². The molecule has 0 unspecified atom stereocenters. The van der Waals surface area contributed by atoms with Crippen LogP contribution in [0.2, 0.25) is 0 Å². The zero-order valence-electron chi connectivity index (χ0n) is 14.9. The van der Waals surface area contributed by atoms with Crippen LogP contribution in [0.3, 0.4) is 0 Å². The number of hydrogen-bond donors (Lipinski definition) is 1. The number of fused-ring (bicyclic) bond motifs is 1. The lowest BCUT2D eigenvalue weighted by Crippen LogP contribution is -2.37. The van der Waals surface area contributed by atoms with Crippen LogP contribution in [-0.2, 0) is 4.74 Å². The van der Waals surface area contributed by atoms with Crippen LogP contribution < -0.4 is 15.5 Å². The molecule has 1 aliphatic rings. The maximum atomic E-state index is 6.52. The Morgan fingerprint density at radius 3 is 2.65 bits per heavy atom. The summed E-state index contributed by atoms with van der Waals surface area (Å²) in [4.78, 5) is 13.3. The van der Waals surface area contributed by atoms with E-state index in [2.05, 4.69) is 69.2 Å². The first-order valence-electron chi connectivity index (χ1n) is 8.98. The van der Waals surface area contributed by atoms with Crippen LogP contribution in [0.4, 0.5) is 23.0 Å². The second-order valence-corrected chi connectivity index (χ2v) is 6.28. The van der Waals surface area contributed by atoms with Crippen LogP contribution in [0.25, 0.3) is 10.8 Å². The Balaban J connectivity index is 1.79. The first-order valence-corrected chi connectivity index (χ1v) is 8.98. The molecular weight excluding hydrogens is 326 g/mol. The lowest BCUT2D eigenvalue weighted by atomic mass is 10.1. The van der Waals surface area contributed by atoms with Crippen molar-refractivity contribution < 1.29 is 4.74 Å². The smallest absolute Gasteiger partial charge is 0.161 e. The first kappa shape index (κ1) is 16.6. The van der Waals surface area contributed by atoms with Crippen molar-refractivity contribution in [1.82, 2.24) is 9.97 Å². The summed E-state index contributed by atoms with van der Waals surface area (Å²) in [6, 6.07) is 14.7. The molecule has 0 saturated carbocycles. The van der Waals surface area contributed by atoms with Crippen molar-refractivity contribution in [3.8, 4) is 0 Å². The number of benzene rings is 2. The minimum Gasteiger partial charge on any atom is -0.393 e. The zero-order valence-corrected chi connectivity index (χ0v) is 14.9. The Labute approximate surface area is 153 Å². The van der Waals surface area contributed by atoms with Crippen LogP contribution in [0.15, 0.2) is 48.8 Å². The van der Waals surface area contributed by atoms with E-state index in [9.17, 15) is 0 Å². The summed E-state index contributed by atoms with van der Waals surface area (Å²) in [5.41, 5.74) is 8.24. The number of hydrogen-bond acceptors (Lipinski definition) is 6. The Bertz CT molecular complexity index is 902. The van der Waals surface area contributed by atoms with Crippen LogP contribution in [-0.4, -0.2) is 42.8 Å². The molecule has 2 N–H and O–H groups in total. The molecule has 134 valence electrons. The molecule has 0 amide bonds. The number of nitrogens with two attached hydrogens (primary N) is 1. The molecule has 1 saturated heterocycles. The van der Waals surface area contributed by atoms with Gasteiger partial charge in [0.15, 0.2) is 11.6 Å². The van der Waals surface area contributed by atoms with E-state index in [1.165, 1.54) is 10.8 Å². The van der Waals surface area contributed by atoms with Gasteiger partial charge >= 0.3 is 0 Å². The van der Waals surface area contributed by atoms with Gasteiger partial charge in [-0.2, -0.15) is 0 Å². The van der Waals surface area contributed by atoms with Crippen molar-refractivity contribution in [3.05, 3.63) is 48.8 Å². The van der Waals surface area contributed by atoms with Gasteiger partial charge in [-0.1, -0.05) is 36.4 Å². The van der Waals surface area contributed by atoms with Crippen molar-refractivity contribution in [2.24, 2.45) is 0 Å². The quantitative estimate of drug-likeness (QED) is 0.780. The van der Waals surface area contributed by atoms with Gasteiger partial charge < -0.3 is 20.3 Å². The normalized spacial score (nSPS) is 14.6. The van der Waals surface area contributed by atoms with Gasteiger partial charge in [0.25, 0.3) is 0 Å². The van der Waals surface area contributed by atoms with Crippen molar-refractivity contribution in [2.45, 2.75) is 6.92 Å². The Kier molecular flexibility index (Phi) is 4.58. The van der Waals surface area contributed by atoms with Crippen molar-refractivity contribution >= 4 is 33.8 Å². The third-order valence-corrected chi connectivity index (χ3v) is 4.78. The number of anilines is 4. The number of nitrogen functional groups attached to an aromatic ring is 1. The van der Waals surface area contributed by atoms with Gasteiger partial charge in [0.2, 0.25) is 0 Å². The summed E-state index contributed by atoms with van der Waals surface area (Å²) in [6.45, 7) is 5.84. The number of nitrogens with zero attached hydrogens (tertiary/aromatic N) is 4. The van der Waals surface area contributed by atoms with Crippen LogP contribution >= 0.6 is 0 Å². The molecule has 0 bridgehead atoms. The largest absolute Gasteiger partial charge is 0.393 e. The zero-order chi connectivity index (χ0) is 17.9. The number of aromatic nitrogens is 2. The summed E-state index contributed by atoms with van der Waals surface area (Å²) in [6.07, 6.45) is 1.60. The van der Waals surface area contributed by atoms with Crippen LogP contribution in [0, 0.1) is 0 Å². The molecule has 0 spiro atoms. The van der Waals surface area contributed by atoms with Gasteiger partial charge in [0.05, 0.1) is 18.9 Å². The van der Waals surface area contributed by atoms with Gasteiger partial charge in [-0.3, -0.25) is 0 Å². The molecule has 2 heterocycles. The molecule has 0 atom stereocenters. The molecule has 4 rings (SSSR count). The second kappa shape index (κ2) is 7.17. The average Bonchev–Trinajstić information content (AvgIpc) is 2.70. The van der Waals surface area contributed by atoms with E-state index >= 15 is 0 Å². The lowest BCUT2D eigenvalue weighted by Gasteiger charge is -2.31. The second-order valence-electron chi connectivity index (χ2n) is 6.28. The van der Waals surface area contributed by atoms with Gasteiger partial charge in [0, 0.05) is 25.0 Å². The predicted octanol–water partition coefficient (Wildman–Crippen LogP) is 3.21. The van der Waals surface area contributed by atoms with Crippen molar-refractivity contribution in [3.63, 3.8) is 0 Å². The monoisotopic (exact) mass is 349 g/mol. The fourth-order valence-electron chi connectivity index (χ4n) is 3.50. The molecule has 6 nitrogen and oxygen atoms in total. The molecule has 6 heteroatoms. The highest BCUT2D eigenvalue weighted by Gasteiger charge is 2.21. The van der Waals surface area contributed by atoms with E-state index in [4.69, 9.17) is 10.5 Å². The van der Waals surface area contributed by atoms with Crippen molar-refractivity contribution in [1.29, 1.82) is 0 Å². The van der Waals surface area contributed by atoms with Crippen molar-refractivity contribution in [2.75, 3.05) is 48.4 Å². The molecule has 0 radical (unpaired) electrons. The Morgan fingerprint density at radius 1 is 1.08 bits per heavy atom. The van der Waals surface area contributed by atoms with Gasteiger partial charge in [0.1, 0.15) is 12.0 Å². The van der Waals surface area contributed by atoms with Gasteiger partial charge in [-0.15, -0.1) is 0 Å². The SMILES string of the molecule is CCN(c1ncnc(N2CCOCC2)c1N)c1cccc2ccccc12. The summed E-state index contributed by atoms with van der Waals surface area (Å²) in [5.74, 6) is 1.54. The maximum Gasteiger partial charge on any atom is 0.161 e. The van der Waals surface area contributed by atoms with Gasteiger partial charge in [-0.25, -0.2) is 9.97 Å². The fourth-order valence-corrected chi connectivity index (χ4v) is 3.50. The molecule has 1 fully saturated rings. The standard InChI is InChI=1S/C20H23N5O/c1-2-25(17-9-5-7-15-6-3-4-8-16(15)17)20-18(21)19(22-14-23-20)24-10-12-26-13-11-24/h3-9,14H,2,10-13,21H2,1H3. The Morgan fingerprint density at radius 2 is 1.85 bits per heavy atom. The van der Waals surface area contributed by atoms with Gasteiger partial charge in [-0.05, 0) is 18.4 Å². The highest BCUT2D eigenvalue weighted by atomic mass is 16.5. The lowest BCUT2D eigenvalue weighted by molar-refractivity contribution is 0.122. The third-order valence-electron chi connectivity index (χ3n) is 4.78. The highest BCUT2D eigenvalue weighted by molar-refractivity contribution is 5.97. The van der Waals surface area contributed by atoms with E-state index in [0.717, 1.165) is 37.0 Å². The minimum absolute atomic E-state index is 0.615. The number of morpholine rings is 1. The highest BCUT2D eigenvalue weighted by Crippen LogP contribution is 2.36.